The quantitative estimate of drug-likeness (QED) is 0.294. The molecular weight excluding hydrogens is 519 g/mol. The molecule has 188 valence electrons. The monoisotopic (exact) mass is 550 g/mol. The van der Waals surface area contributed by atoms with Crippen LogP contribution in [0.4, 0.5) is 4.39 Å². The molecule has 0 saturated heterocycles. The molecule has 0 spiro atoms. The zero-order valence-corrected chi connectivity index (χ0v) is 22.2. The molecule has 1 aliphatic heterocycles. The van der Waals surface area contributed by atoms with E-state index in [0.717, 1.165) is 59.0 Å². The molecule has 0 fully saturated rings. The molecule has 0 unspecified atom stereocenters. The van der Waals surface area contributed by atoms with E-state index in [2.05, 4.69) is 69.9 Å². The maximum Gasteiger partial charge on any atom is 0.249 e. The molecule has 36 heavy (non-hydrogen) atoms. The van der Waals surface area contributed by atoms with E-state index in [9.17, 15) is 9.18 Å². The summed E-state index contributed by atoms with van der Waals surface area (Å²) in [6, 6.07) is 21.1. The molecule has 2 N–H and O–H groups in total. The molecule has 4 rings (SSSR count). The van der Waals surface area contributed by atoms with E-state index in [1.807, 2.05) is 12.1 Å². The van der Waals surface area contributed by atoms with Crippen LogP contribution in [0.15, 0.2) is 76.8 Å². The Labute approximate surface area is 221 Å². The maximum absolute atomic E-state index is 13.4. The van der Waals surface area contributed by atoms with Crippen LogP contribution in [0.3, 0.4) is 0 Å². The summed E-state index contributed by atoms with van der Waals surface area (Å²) in [5.74, 6) is 0.204. The second-order valence-electron chi connectivity index (χ2n) is 8.91. The molecule has 1 aliphatic rings. The van der Waals surface area contributed by atoms with E-state index in [1.54, 1.807) is 6.07 Å². The molecule has 0 bridgehead atoms. The lowest BCUT2D eigenvalue weighted by atomic mass is 9.92. The van der Waals surface area contributed by atoms with Crippen molar-refractivity contribution in [1.82, 2.24) is 10.6 Å². The van der Waals surface area contributed by atoms with Crippen molar-refractivity contribution in [2.75, 3.05) is 19.7 Å². The van der Waals surface area contributed by atoms with E-state index < -0.39 is 0 Å². The molecule has 6 heteroatoms. The molecule has 0 saturated carbocycles. The SMILES string of the molecule is CCc1ccccc1CNC(=O)C1=C(c2ccc(CCCOc3cc(F)ccc3Br)cc2)CCNC1. The van der Waals surface area contributed by atoms with Crippen LogP contribution >= 0.6 is 15.9 Å². The highest BCUT2D eigenvalue weighted by Gasteiger charge is 2.20. The molecule has 4 nitrogen and oxygen atoms in total. The van der Waals surface area contributed by atoms with Gasteiger partial charge in [-0.25, -0.2) is 4.39 Å². The highest BCUT2D eigenvalue weighted by Crippen LogP contribution is 2.27. The molecule has 0 atom stereocenters. The average molecular weight is 552 g/mol. The minimum absolute atomic E-state index is 0.00663. The predicted octanol–water partition coefficient (Wildman–Crippen LogP) is 6.23. The number of halogens is 2. The first-order valence-electron chi connectivity index (χ1n) is 12.5. The smallest absolute Gasteiger partial charge is 0.249 e. The number of carbonyl (C=O) groups excluding carboxylic acids is 1. The first kappa shape index (κ1) is 26.1. The Morgan fingerprint density at radius 3 is 2.64 bits per heavy atom. The summed E-state index contributed by atoms with van der Waals surface area (Å²) in [6.45, 7) is 4.61. The predicted molar refractivity (Wildman–Crippen MR) is 146 cm³/mol. The van der Waals surface area contributed by atoms with Crippen molar-refractivity contribution in [1.29, 1.82) is 0 Å². The Bertz CT molecular complexity index is 1220. The number of aryl methyl sites for hydroxylation is 2. The molecule has 0 radical (unpaired) electrons. The number of ether oxygens (including phenoxy) is 1. The fourth-order valence-electron chi connectivity index (χ4n) is 4.50. The van der Waals surface area contributed by atoms with Gasteiger partial charge in [0.15, 0.2) is 0 Å². The van der Waals surface area contributed by atoms with Crippen LogP contribution in [-0.4, -0.2) is 25.6 Å². The first-order valence-corrected chi connectivity index (χ1v) is 13.3. The minimum Gasteiger partial charge on any atom is -0.492 e. The Morgan fingerprint density at radius 1 is 1.08 bits per heavy atom. The van der Waals surface area contributed by atoms with Crippen molar-refractivity contribution in [3.8, 4) is 5.75 Å². The summed E-state index contributed by atoms with van der Waals surface area (Å²) in [4.78, 5) is 13.1. The van der Waals surface area contributed by atoms with Gasteiger partial charge < -0.3 is 15.4 Å². The summed E-state index contributed by atoms with van der Waals surface area (Å²) in [7, 11) is 0. The third-order valence-electron chi connectivity index (χ3n) is 6.49. The van der Waals surface area contributed by atoms with Gasteiger partial charge in [-0.05, 0) is 88.1 Å². The van der Waals surface area contributed by atoms with Gasteiger partial charge in [0.1, 0.15) is 11.6 Å². The number of benzene rings is 3. The van der Waals surface area contributed by atoms with Crippen LogP contribution in [-0.2, 0) is 24.2 Å². The minimum atomic E-state index is -0.310. The fourth-order valence-corrected chi connectivity index (χ4v) is 4.86. The molecule has 3 aromatic rings. The van der Waals surface area contributed by atoms with Gasteiger partial charge in [-0.15, -0.1) is 0 Å². The standard InChI is InChI=1S/C30H32BrFN2O2/c1-2-22-7-3-4-8-24(22)19-34-30(35)27-20-33-16-15-26(27)23-11-9-21(10-12-23)6-5-17-36-29-18-25(32)13-14-28(29)31/h3-4,7-14,18,33H,2,5-6,15-17,19-20H2,1H3,(H,34,35). The van der Waals surface area contributed by atoms with Crippen molar-refractivity contribution in [3.05, 3.63) is 105 Å². The van der Waals surface area contributed by atoms with Crippen LogP contribution in [0.2, 0.25) is 0 Å². The third-order valence-corrected chi connectivity index (χ3v) is 7.15. The number of amides is 1. The van der Waals surface area contributed by atoms with Gasteiger partial charge in [0, 0.05) is 24.7 Å². The highest BCUT2D eigenvalue weighted by molar-refractivity contribution is 9.10. The van der Waals surface area contributed by atoms with E-state index >= 15 is 0 Å². The normalized spacial score (nSPS) is 13.5. The van der Waals surface area contributed by atoms with E-state index in [1.165, 1.54) is 23.3 Å². The number of hydrogen-bond acceptors (Lipinski definition) is 3. The number of nitrogens with one attached hydrogen (secondary N) is 2. The molecule has 1 heterocycles. The molecule has 1 amide bonds. The van der Waals surface area contributed by atoms with Crippen LogP contribution < -0.4 is 15.4 Å². The lowest BCUT2D eigenvalue weighted by Gasteiger charge is -2.22. The molecule has 3 aromatic carbocycles. The summed E-state index contributed by atoms with van der Waals surface area (Å²) < 4.78 is 19.9. The Balaban J connectivity index is 1.36. The third kappa shape index (κ3) is 6.83. The summed E-state index contributed by atoms with van der Waals surface area (Å²) in [5.41, 5.74) is 6.66. The second-order valence-corrected chi connectivity index (χ2v) is 9.77. The van der Waals surface area contributed by atoms with Crippen molar-refractivity contribution in [2.45, 2.75) is 39.2 Å². The molecule has 0 aromatic heterocycles. The number of carbonyl (C=O) groups is 1. The second kappa shape index (κ2) is 12.8. The van der Waals surface area contributed by atoms with Gasteiger partial charge >= 0.3 is 0 Å². The fraction of sp³-hybridized carbons (Fsp3) is 0.300. The first-order chi connectivity index (χ1) is 17.5. The van der Waals surface area contributed by atoms with Crippen molar-refractivity contribution in [3.63, 3.8) is 0 Å². The Kier molecular flexibility index (Phi) is 9.31. The van der Waals surface area contributed by atoms with Crippen molar-refractivity contribution in [2.24, 2.45) is 0 Å². The van der Waals surface area contributed by atoms with Gasteiger partial charge in [-0.3, -0.25) is 4.79 Å². The molecule has 0 aliphatic carbocycles. The van der Waals surface area contributed by atoms with Crippen molar-refractivity contribution >= 4 is 27.4 Å². The van der Waals surface area contributed by atoms with Gasteiger partial charge in [-0.2, -0.15) is 0 Å². The lowest BCUT2D eigenvalue weighted by molar-refractivity contribution is -0.117. The zero-order valence-electron chi connectivity index (χ0n) is 20.6. The number of rotatable bonds is 10. The van der Waals surface area contributed by atoms with Crippen molar-refractivity contribution < 1.29 is 13.9 Å². The van der Waals surface area contributed by atoms with Crippen LogP contribution in [0, 0.1) is 5.82 Å². The zero-order chi connectivity index (χ0) is 25.3. The van der Waals surface area contributed by atoms with Gasteiger partial charge in [0.25, 0.3) is 0 Å². The highest BCUT2D eigenvalue weighted by atomic mass is 79.9. The summed E-state index contributed by atoms with van der Waals surface area (Å²) in [5, 5.41) is 6.48. The van der Waals surface area contributed by atoms with Gasteiger partial charge in [0.2, 0.25) is 5.91 Å². The Morgan fingerprint density at radius 2 is 1.86 bits per heavy atom. The maximum atomic E-state index is 13.4. The largest absolute Gasteiger partial charge is 0.492 e. The lowest BCUT2D eigenvalue weighted by Crippen LogP contribution is -2.34. The van der Waals surface area contributed by atoms with Crippen LogP contribution in [0.5, 0.6) is 5.75 Å². The number of hydrogen-bond donors (Lipinski definition) is 2. The van der Waals surface area contributed by atoms with E-state index in [4.69, 9.17) is 4.74 Å². The van der Waals surface area contributed by atoms with Crippen LogP contribution in [0.1, 0.15) is 42.0 Å². The molecular formula is C30H32BrFN2O2. The summed E-state index contributed by atoms with van der Waals surface area (Å²) >= 11 is 3.39. The van der Waals surface area contributed by atoms with E-state index in [0.29, 0.717) is 25.4 Å². The van der Waals surface area contributed by atoms with Gasteiger partial charge in [0.05, 0.1) is 11.1 Å². The van der Waals surface area contributed by atoms with E-state index in [-0.39, 0.29) is 11.7 Å². The topological polar surface area (TPSA) is 50.4 Å². The Hall–Kier alpha value is -2.96. The van der Waals surface area contributed by atoms with Crippen LogP contribution in [0.25, 0.3) is 5.57 Å². The average Bonchev–Trinajstić information content (AvgIpc) is 2.92. The summed E-state index contributed by atoms with van der Waals surface area (Å²) in [6.07, 6.45) is 3.45. The van der Waals surface area contributed by atoms with Gasteiger partial charge in [-0.1, -0.05) is 55.5 Å².